The predicted octanol–water partition coefficient (Wildman–Crippen LogP) is 5.09. The second-order valence-electron chi connectivity index (χ2n) is 5.81. The molecular formula is C18H29F2N. The summed E-state index contributed by atoms with van der Waals surface area (Å²) in [6, 6.07) is 4.25. The third-order valence-corrected chi connectivity index (χ3v) is 4.17. The van der Waals surface area contributed by atoms with E-state index < -0.39 is 11.6 Å². The molecule has 0 heterocycles. The van der Waals surface area contributed by atoms with Gasteiger partial charge in [-0.15, -0.1) is 0 Å². The van der Waals surface area contributed by atoms with Crippen molar-refractivity contribution < 1.29 is 8.78 Å². The first-order chi connectivity index (χ1) is 10.1. The fourth-order valence-electron chi connectivity index (χ4n) is 2.89. The van der Waals surface area contributed by atoms with E-state index in [1.54, 1.807) is 0 Å². The van der Waals surface area contributed by atoms with Crippen LogP contribution in [0, 0.1) is 17.6 Å². The second-order valence-corrected chi connectivity index (χ2v) is 5.81. The maximum absolute atomic E-state index is 13.8. The molecule has 0 saturated heterocycles. The summed E-state index contributed by atoms with van der Waals surface area (Å²) >= 11 is 0. The van der Waals surface area contributed by atoms with Crippen LogP contribution in [0.15, 0.2) is 18.2 Å². The minimum Gasteiger partial charge on any atom is -0.314 e. The van der Waals surface area contributed by atoms with Gasteiger partial charge < -0.3 is 5.32 Å². The first kappa shape index (κ1) is 18.1. The van der Waals surface area contributed by atoms with Crippen molar-refractivity contribution in [1.82, 2.24) is 5.32 Å². The molecule has 3 heteroatoms. The van der Waals surface area contributed by atoms with E-state index in [1.807, 2.05) is 6.92 Å². The van der Waals surface area contributed by atoms with Gasteiger partial charge in [0, 0.05) is 11.6 Å². The van der Waals surface area contributed by atoms with E-state index in [-0.39, 0.29) is 11.6 Å². The van der Waals surface area contributed by atoms with Crippen LogP contribution in [-0.4, -0.2) is 12.6 Å². The molecule has 1 aromatic rings. The highest BCUT2D eigenvalue weighted by atomic mass is 19.1. The quantitative estimate of drug-likeness (QED) is 0.634. The van der Waals surface area contributed by atoms with Gasteiger partial charge in [-0.2, -0.15) is 0 Å². The maximum atomic E-state index is 13.8. The molecule has 21 heavy (non-hydrogen) atoms. The predicted molar refractivity (Wildman–Crippen MR) is 85.4 cm³/mol. The van der Waals surface area contributed by atoms with Gasteiger partial charge in [0.05, 0.1) is 0 Å². The Morgan fingerprint density at radius 1 is 1.10 bits per heavy atom. The number of benzene rings is 1. The van der Waals surface area contributed by atoms with Crippen molar-refractivity contribution >= 4 is 0 Å². The minimum atomic E-state index is -0.431. The molecule has 0 saturated carbocycles. The number of likely N-dealkylation sites (N-methyl/N-ethyl adjacent to an activating group) is 1. The summed E-state index contributed by atoms with van der Waals surface area (Å²) in [5.74, 6) is -0.233. The molecule has 0 aliphatic carbocycles. The van der Waals surface area contributed by atoms with E-state index in [0.29, 0.717) is 12.3 Å². The largest absolute Gasteiger partial charge is 0.314 e. The normalized spacial score (nSPS) is 14.1. The van der Waals surface area contributed by atoms with Crippen LogP contribution in [0.4, 0.5) is 8.78 Å². The fraction of sp³-hybridized carbons (Fsp3) is 0.667. The van der Waals surface area contributed by atoms with Gasteiger partial charge in [0.1, 0.15) is 11.6 Å². The van der Waals surface area contributed by atoms with E-state index in [9.17, 15) is 8.78 Å². The Morgan fingerprint density at radius 2 is 1.76 bits per heavy atom. The van der Waals surface area contributed by atoms with Gasteiger partial charge >= 0.3 is 0 Å². The summed E-state index contributed by atoms with van der Waals surface area (Å²) in [4.78, 5) is 0. The zero-order valence-electron chi connectivity index (χ0n) is 13.6. The van der Waals surface area contributed by atoms with Gasteiger partial charge in [-0.1, -0.05) is 52.5 Å². The molecule has 0 bridgehead atoms. The smallest absolute Gasteiger partial charge is 0.129 e. The van der Waals surface area contributed by atoms with Crippen LogP contribution in [0.3, 0.4) is 0 Å². The molecule has 2 unspecified atom stereocenters. The van der Waals surface area contributed by atoms with E-state index in [4.69, 9.17) is 0 Å². The molecule has 0 radical (unpaired) electrons. The van der Waals surface area contributed by atoms with Crippen LogP contribution in [0.2, 0.25) is 0 Å². The molecule has 0 fully saturated rings. The molecule has 1 N–H and O–H groups in total. The van der Waals surface area contributed by atoms with Gasteiger partial charge in [-0.05, 0) is 37.4 Å². The minimum absolute atomic E-state index is 0.142. The van der Waals surface area contributed by atoms with E-state index in [1.165, 1.54) is 37.5 Å². The summed E-state index contributed by atoms with van der Waals surface area (Å²) in [7, 11) is 0. The molecule has 1 rings (SSSR count). The third kappa shape index (κ3) is 6.13. The standard InChI is InChI=1S/C18H29F2N/c1-4-7-9-14(5-2)12-15(21-6-3)13-16-17(19)10-8-11-18(16)20/h8,10-11,14-15,21H,4-7,9,12-13H2,1-3H3. The average Bonchev–Trinajstić information content (AvgIpc) is 2.47. The Hall–Kier alpha value is -0.960. The highest BCUT2D eigenvalue weighted by Gasteiger charge is 2.18. The Morgan fingerprint density at radius 3 is 2.29 bits per heavy atom. The molecular weight excluding hydrogens is 268 g/mol. The van der Waals surface area contributed by atoms with Crippen LogP contribution in [0.5, 0.6) is 0 Å². The van der Waals surface area contributed by atoms with Crippen molar-refractivity contribution in [1.29, 1.82) is 0 Å². The Bertz CT molecular complexity index is 386. The van der Waals surface area contributed by atoms with E-state index in [0.717, 1.165) is 19.4 Å². The molecule has 2 atom stereocenters. The van der Waals surface area contributed by atoms with E-state index >= 15 is 0 Å². The second kappa shape index (κ2) is 9.88. The Labute approximate surface area is 128 Å². The summed E-state index contributed by atoms with van der Waals surface area (Å²) in [6.07, 6.45) is 6.17. The summed E-state index contributed by atoms with van der Waals surface area (Å²) < 4.78 is 27.6. The van der Waals surface area contributed by atoms with Gasteiger partial charge in [-0.3, -0.25) is 0 Å². The monoisotopic (exact) mass is 297 g/mol. The molecule has 0 aliphatic rings. The average molecular weight is 297 g/mol. The lowest BCUT2D eigenvalue weighted by Crippen LogP contribution is -2.33. The topological polar surface area (TPSA) is 12.0 Å². The zero-order chi connectivity index (χ0) is 15.7. The highest BCUT2D eigenvalue weighted by Crippen LogP contribution is 2.22. The van der Waals surface area contributed by atoms with Crippen molar-refractivity contribution in [3.8, 4) is 0 Å². The van der Waals surface area contributed by atoms with E-state index in [2.05, 4.69) is 19.2 Å². The van der Waals surface area contributed by atoms with Crippen LogP contribution >= 0.6 is 0 Å². The number of hydrogen-bond acceptors (Lipinski definition) is 1. The lowest BCUT2D eigenvalue weighted by Gasteiger charge is -2.24. The van der Waals surface area contributed by atoms with Gasteiger partial charge in [0.2, 0.25) is 0 Å². The van der Waals surface area contributed by atoms with Crippen molar-refractivity contribution in [2.75, 3.05) is 6.54 Å². The first-order valence-corrected chi connectivity index (χ1v) is 8.28. The number of hydrogen-bond donors (Lipinski definition) is 1. The highest BCUT2D eigenvalue weighted by molar-refractivity contribution is 5.20. The van der Waals surface area contributed by atoms with Crippen LogP contribution in [0.25, 0.3) is 0 Å². The molecule has 0 amide bonds. The SMILES string of the molecule is CCCCC(CC)CC(Cc1c(F)cccc1F)NCC. The molecule has 1 nitrogen and oxygen atoms in total. The molecule has 1 aromatic carbocycles. The lowest BCUT2D eigenvalue weighted by molar-refractivity contribution is 0.346. The number of nitrogens with one attached hydrogen (secondary N) is 1. The number of unbranched alkanes of at least 4 members (excludes halogenated alkanes) is 1. The number of halogens is 2. The first-order valence-electron chi connectivity index (χ1n) is 8.28. The van der Waals surface area contributed by atoms with Crippen LogP contribution in [0.1, 0.15) is 58.4 Å². The molecule has 0 aromatic heterocycles. The van der Waals surface area contributed by atoms with Crippen molar-refractivity contribution in [3.63, 3.8) is 0 Å². The van der Waals surface area contributed by atoms with Crippen molar-refractivity contribution in [3.05, 3.63) is 35.4 Å². The van der Waals surface area contributed by atoms with Gasteiger partial charge in [0.15, 0.2) is 0 Å². The molecule has 0 aliphatic heterocycles. The van der Waals surface area contributed by atoms with Crippen LogP contribution in [-0.2, 0) is 6.42 Å². The Kier molecular flexibility index (Phi) is 8.51. The maximum Gasteiger partial charge on any atom is 0.129 e. The lowest BCUT2D eigenvalue weighted by atomic mass is 9.89. The van der Waals surface area contributed by atoms with Crippen LogP contribution < -0.4 is 5.32 Å². The third-order valence-electron chi connectivity index (χ3n) is 4.17. The summed E-state index contributed by atoms with van der Waals surface area (Å²) in [6.45, 7) is 7.26. The molecule has 0 spiro atoms. The number of rotatable bonds is 10. The molecule has 120 valence electrons. The van der Waals surface area contributed by atoms with Gasteiger partial charge in [0.25, 0.3) is 0 Å². The van der Waals surface area contributed by atoms with Crippen molar-refractivity contribution in [2.24, 2.45) is 5.92 Å². The van der Waals surface area contributed by atoms with Crippen molar-refractivity contribution in [2.45, 2.75) is 65.3 Å². The summed E-state index contributed by atoms with van der Waals surface area (Å²) in [5.41, 5.74) is 0.216. The Balaban J connectivity index is 2.72. The van der Waals surface area contributed by atoms with Gasteiger partial charge in [-0.25, -0.2) is 8.78 Å². The summed E-state index contributed by atoms with van der Waals surface area (Å²) in [5, 5.41) is 3.39. The zero-order valence-corrected chi connectivity index (χ0v) is 13.6. The fourth-order valence-corrected chi connectivity index (χ4v) is 2.89.